The van der Waals surface area contributed by atoms with Gasteiger partial charge in [0.25, 0.3) is 0 Å². The van der Waals surface area contributed by atoms with E-state index in [0.717, 1.165) is 5.01 Å². The first-order chi connectivity index (χ1) is 8.66. The number of rotatable bonds is 2. The zero-order chi connectivity index (χ0) is 13.0. The zero-order valence-electron chi connectivity index (χ0n) is 9.48. The standard InChI is InChI=1S/C11H12FN3O3/c12-8-4-1-2-5-9(8)13-10(16)14-15-6-3-7-18-11(15)17/h1-2,4-5H,3,6-7H2,(H2,13,14,16). The minimum absolute atomic E-state index is 0.0420. The van der Waals surface area contributed by atoms with Gasteiger partial charge in [0.1, 0.15) is 5.82 Å². The van der Waals surface area contributed by atoms with Crippen LogP contribution in [-0.2, 0) is 4.74 Å². The van der Waals surface area contributed by atoms with Gasteiger partial charge in [-0.15, -0.1) is 0 Å². The summed E-state index contributed by atoms with van der Waals surface area (Å²) in [7, 11) is 0. The van der Waals surface area contributed by atoms with E-state index in [0.29, 0.717) is 19.6 Å². The molecule has 1 aromatic carbocycles. The summed E-state index contributed by atoms with van der Waals surface area (Å²) in [6.45, 7) is 0.704. The number of carbonyl (C=O) groups excluding carboxylic acids is 2. The van der Waals surface area contributed by atoms with Crippen LogP contribution in [0.1, 0.15) is 6.42 Å². The fraction of sp³-hybridized carbons (Fsp3) is 0.273. The third-order valence-corrected chi connectivity index (χ3v) is 2.33. The summed E-state index contributed by atoms with van der Waals surface area (Å²) in [6, 6.07) is 5.06. The van der Waals surface area contributed by atoms with Gasteiger partial charge in [-0.05, 0) is 12.1 Å². The van der Waals surface area contributed by atoms with Crippen LogP contribution in [0.25, 0.3) is 0 Å². The van der Waals surface area contributed by atoms with Crippen LogP contribution < -0.4 is 10.7 Å². The number of amides is 3. The van der Waals surface area contributed by atoms with E-state index < -0.39 is 17.9 Å². The Kier molecular flexibility index (Phi) is 3.61. The highest BCUT2D eigenvalue weighted by Crippen LogP contribution is 2.12. The average Bonchev–Trinajstić information content (AvgIpc) is 2.35. The van der Waals surface area contributed by atoms with Crippen molar-refractivity contribution in [3.05, 3.63) is 30.1 Å². The molecule has 0 unspecified atom stereocenters. The summed E-state index contributed by atoms with van der Waals surface area (Å²) in [5.41, 5.74) is 2.33. The summed E-state index contributed by atoms with van der Waals surface area (Å²) >= 11 is 0. The molecule has 1 saturated heterocycles. The minimum atomic E-state index is -0.695. The van der Waals surface area contributed by atoms with Gasteiger partial charge >= 0.3 is 12.1 Å². The van der Waals surface area contributed by atoms with Gasteiger partial charge in [0.2, 0.25) is 0 Å². The Balaban J connectivity index is 1.92. The molecule has 3 amide bonds. The third-order valence-electron chi connectivity index (χ3n) is 2.33. The second kappa shape index (κ2) is 5.35. The molecule has 2 N–H and O–H groups in total. The van der Waals surface area contributed by atoms with Crippen LogP contribution >= 0.6 is 0 Å². The molecule has 0 aromatic heterocycles. The number of cyclic esters (lactones) is 1. The largest absolute Gasteiger partial charge is 0.448 e. The molecule has 1 aromatic rings. The van der Waals surface area contributed by atoms with Gasteiger partial charge in [-0.1, -0.05) is 12.1 Å². The second-order valence-electron chi connectivity index (χ2n) is 3.67. The number of ether oxygens (including phenoxy) is 1. The van der Waals surface area contributed by atoms with E-state index in [1.54, 1.807) is 6.07 Å². The van der Waals surface area contributed by atoms with Crippen molar-refractivity contribution in [3.8, 4) is 0 Å². The molecular weight excluding hydrogens is 241 g/mol. The molecule has 2 rings (SSSR count). The molecular formula is C11H12FN3O3. The van der Waals surface area contributed by atoms with E-state index in [9.17, 15) is 14.0 Å². The molecule has 96 valence electrons. The molecule has 1 aliphatic rings. The van der Waals surface area contributed by atoms with E-state index in [2.05, 4.69) is 10.7 Å². The minimum Gasteiger partial charge on any atom is -0.448 e. The molecule has 0 atom stereocenters. The number of carbonyl (C=O) groups is 2. The Morgan fingerprint density at radius 2 is 2.17 bits per heavy atom. The van der Waals surface area contributed by atoms with Gasteiger partial charge < -0.3 is 10.1 Å². The van der Waals surface area contributed by atoms with Crippen molar-refractivity contribution in [3.63, 3.8) is 0 Å². The van der Waals surface area contributed by atoms with Gasteiger partial charge in [-0.2, -0.15) is 0 Å². The fourth-order valence-electron chi connectivity index (χ4n) is 1.49. The maximum atomic E-state index is 13.3. The van der Waals surface area contributed by atoms with Crippen molar-refractivity contribution < 1.29 is 18.7 Å². The quantitative estimate of drug-likeness (QED) is 0.842. The topological polar surface area (TPSA) is 70.7 Å². The van der Waals surface area contributed by atoms with Gasteiger partial charge in [0.15, 0.2) is 0 Å². The second-order valence-corrected chi connectivity index (χ2v) is 3.67. The van der Waals surface area contributed by atoms with Gasteiger partial charge in [-0.3, -0.25) is 0 Å². The monoisotopic (exact) mass is 253 g/mol. The molecule has 1 aliphatic heterocycles. The van der Waals surface area contributed by atoms with Crippen LogP contribution in [0.3, 0.4) is 0 Å². The molecule has 6 nitrogen and oxygen atoms in total. The summed E-state index contributed by atoms with van der Waals surface area (Å²) in [5, 5.41) is 3.34. The Morgan fingerprint density at radius 1 is 1.39 bits per heavy atom. The Labute approximate surface area is 103 Å². The Bertz CT molecular complexity index is 467. The number of halogens is 1. The maximum absolute atomic E-state index is 13.3. The van der Waals surface area contributed by atoms with Crippen LogP contribution in [0, 0.1) is 5.82 Å². The van der Waals surface area contributed by atoms with Crippen molar-refractivity contribution in [2.45, 2.75) is 6.42 Å². The predicted octanol–water partition coefficient (Wildman–Crippen LogP) is 1.70. The number of hydrogen-bond donors (Lipinski definition) is 2. The average molecular weight is 253 g/mol. The van der Waals surface area contributed by atoms with Crippen molar-refractivity contribution in [1.29, 1.82) is 0 Å². The van der Waals surface area contributed by atoms with Crippen LogP contribution in [0.15, 0.2) is 24.3 Å². The van der Waals surface area contributed by atoms with Crippen molar-refractivity contribution >= 4 is 17.8 Å². The molecule has 0 bridgehead atoms. The number of para-hydroxylation sites is 1. The lowest BCUT2D eigenvalue weighted by Gasteiger charge is -2.26. The van der Waals surface area contributed by atoms with Crippen molar-refractivity contribution in [2.24, 2.45) is 0 Å². The molecule has 1 fully saturated rings. The first-order valence-corrected chi connectivity index (χ1v) is 5.43. The lowest BCUT2D eigenvalue weighted by molar-refractivity contribution is 0.0579. The molecule has 0 spiro atoms. The summed E-state index contributed by atoms with van der Waals surface area (Å²) in [6.07, 6.45) is 0.0102. The normalized spacial score (nSPS) is 14.9. The van der Waals surface area contributed by atoms with Crippen molar-refractivity contribution in [1.82, 2.24) is 10.4 Å². The van der Waals surface area contributed by atoms with E-state index >= 15 is 0 Å². The van der Waals surface area contributed by atoms with Gasteiger partial charge in [-0.25, -0.2) is 24.4 Å². The van der Waals surface area contributed by atoms with E-state index in [1.165, 1.54) is 18.2 Å². The Morgan fingerprint density at radius 3 is 2.89 bits per heavy atom. The first kappa shape index (κ1) is 12.2. The van der Waals surface area contributed by atoms with E-state index in [4.69, 9.17) is 4.74 Å². The van der Waals surface area contributed by atoms with Gasteiger partial charge in [0.05, 0.1) is 12.3 Å². The number of anilines is 1. The predicted molar refractivity (Wildman–Crippen MR) is 61.2 cm³/mol. The number of benzene rings is 1. The number of hydrogen-bond acceptors (Lipinski definition) is 3. The number of nitrogens with one attached hydrogen (secondary N) is 2. The lowest BCUT2D eigenvalue weighted by Crippen LogP contribution is -2.51. The van der Waals surface area contributed by atoms with Crippen LogP contribution in [-0.4, -0.2) is 30.3 Å². The van der Waals surface area contributed by atoms with E-state index in [1.807, 2.05) is 0 Å². The highest BCUT2D eigenvalue weighted by atomic mass is 19.1. The third kappa shape index (κ3) is 2.88. The van der Waals surface area contributed by atoms with Crippen LogP contribution in [0.4, 0.5) is 19.7 Å². The molecule has 0 radical (unpaired) electrons. The summed E-state index contributed by atoms with van der Waals surface area (Å²) in [4.78, 5) is 22.8. The summed E-state index contributed by atoms with van der Waals surface area (Å²) in [5.74, 6) is -0.547. The van der Waals surface area contributed by atoms with Crippen LogP contribution in [0.2, 0.25) is 0 Å². The highest BCUT2D eigenvalue weighted by Gasteiger charge is 2.21. The number of nitrogens with zero attached hydrogens (tertiary/aromatic N) is 1. The molecule has 18 heavy (non-hydrogen) atoms. The number of hydrazine groups is 1. The molecule has 0 aliphatic carbocycles. The highest BCUT2D eigenvalue weighted by molar-refractivity contribution is 5.90. The summed E-state index contributed by atoms with van der Waals surface area (Å²) < 4.78 is 18.0. The maximum Gasteiger partial charge on any atom is 0.428 e. The molecule has 7 heteroatoms. The number of urea groups is 1. The van der Waals surface area contributed by atoms with Gasteiger partial charge in [0, 0.05) is 13.0 Å². The van der Waals surface area contributed by atoms with Crippen molar-refractivity contribution in [2.75, 3.05) is 18.5 Å². The smallest absolute Gasteiger partial charge is 0.428 e. The first-order valence-electron chi connectivity index (χ1n) is 5.43. The Hall–Kier alpha value is -2.31. The van der Waals surface area contributed by atoms with Crippen LogP contribution in [0.5, 0.6) is 0 Å². The SMILES string of the molecule is O=C(Nc1ccccc1F)NN1CCCOC1=O. The molecule has 1 heterocycles. The zero-order valence-corrected chi connectivity index (χ0v) is 9.48. The van der Waals surface area contributed by atoms with E-state index in [-0.39, 0.29) is 5.69 Å². The molecule has 0 saturated carbocycles. The fourth-order valence-corrected chi connectivity index (χ4v) is 1.49. The lowest BCUT2D eigenvalue weighted by atomic mass is 10.3.